The van der Waals surface area contributed by atoms with Crippen LogP contribution in [0.15, 0.2) is 18.3 Å². The number of aromatic nitrogens is 1. The number of carbonyl (C=O) groups excluding carboxylic acids is 1. The third kappa shape index (κ3) is 3.40. The molecule has 0 aromatic carbocycles. The number of ether oxygens (including phenoxy) is 2. The highest BCUT2D eigenvalue weighted by Gasteiger charge is 2.15. The summed E-state index contributed by atoms with van der Waals surface area (Å²) < 4.78 is 10.6. The molecule has 3 N–H and O–H groups in total. The molecule has 1 aliphatic rings. The maximum Gasteiger partial charge on any atom is 0.252 e. The van der Waals surface area contributed by atoms with Crippen molar-refractivity contribution in [1.29, 1.82) is 0 Å². The summed E-state index contributed by atoms with van der Waals surface area (Å²) in [4.78, 5) is 15.6. The molecule has 6 heteroatoms. The van der Waals surface area contributed by atoms with Gasteiger partial charge in [0.25, 0.3) is 5.91 Å². The van der Waals surface area contributed by atoms with E-state index in [2.05, 4.69) is 10.3 Å². The molecule has 0 spiro atoms. The smallest absolute Gasteiger partial charge is 0.252 e. The van der Waals surface area contributed by atoms with Crippen molar-refractivity contribution in [3.05, 3.63) is 23.9 Å². The second-order valence-corrected chi connectivity index (χ2v) is 3.75. The molecule has 0 bridgehead atoms. The number of hydrogen-bond acceptors (Lipinski definition) is 5. The number of hydrogen-bond donors (Lipinski definition) is 2. The minimum absolute atomic E-state index is 0.0746. The SMILES string of the molecule is Nc1ccc(C(=O)NCC2COCCO2)cn1. The molecule has 6 nitrogen and oxygen atoms in total. The van der Waals surface area contributed by atoms with Crippen LogP contribution in [0.1, 0.15) is 10.4 Å². The molecule has 1 saturated heterocycles. The molecule has 0 saturated carbocycles. The van der Waals surface area contributed by atoms with Gasteiger partial charge in [0.1, 0.15) is 5.82 Å². The van der Waals surface area contributed by atoms with E-state index in [-0.39, 0.29) is 12.0 Å². The molecule has 1 aromatic heterocycles. The van der Waals surface area contributed by atoms with Gasteiger partial charge < -0.3 is 20.5 Å². The average Bonchev–Trinajstić information content (AvgIpc) is 2.38. The van der Waals surface area contributed by atoms with Crippen molar-refractivity contribution >= 4 is 11.7 Å². The standard InChI is InChI=1S/C11H15N3O3/c12-10-2-1-8(5-13-10)11(15)14-6-9-7-16-3-4-17-9/h1-2,5,9H,3-4,6-7H2,(H2,12,13)(H,14,15). The summed E-state index contributed by atoms with van der Waals surface area (Å²) in [6.07, 6.45) is 1.37. The predicted octanol–water partition coefficient (Wildman–Crippen LogP) is -0.191. The molecule has 2 heterocycles. The number of pyridine rings is 1. The van der Waals surface area contributed by atoms with E-state index in [0.717, 1.165) is 0 Å². The first-order valence-electron chi connectivity index (χ1n) is 5.45. The molecule has 17 heavy (non-hydrogen) atoms. The fraction of sp³-hybridized carbons (Fsp3) is 0.455. The number of nitrogen functional groups attached to an aromatic ring is 1. The topological polar surface area (TPSA) is 86.5 Å². The largest absolute Gasteiger partial charge is 0.384 e. The van der Waals surface area contributed by atoms with Crippen molar-refractivity contribution in [3.8, 4) is 0 Å². The second-order valence-electron chi connectivity index (χ2n) is 3.75. The molecule has 2 rings (SSSR count). The van der Waals surface area contributed by atoms with Crippen molar-refractivity contribution in [2.24, 2.45) is 0 Å². The van der Waals surface area contributed by atoms with Crippen LogP contribution in [0.4, 0.5) is 5.82 Å². The molecular formula is C11H15N3O3. The second kappa shape index (κ2) is 5.60. The quantitative estimate of drug-likeness (QED) is 0.761. The highest BCUT2D eigenvalue weighted by Crippen LogP contribution is 2.02. The van der Waals surface area contributed by atoms with E-state index in [1.165, 1.54) is 6.20 Å². The monoisotopic (exact) mass is 237 g/mol. The van der Waals surface area contributed by atoms with Gasteiger partial charge >= 0.3 is 0 Å². The Morgan fingerprint density at radius 2 is 2.41 bits per heavy atom. The maximum absolute atomic E-state index is 11.7. The highest BCUT2D eigenvalue weighted by atomic mass is 16.6. The van der Waals surface area contributed by atoms with Crippen LogP contribution in [-0.4, -0.2) is 43.4 Å². The summed E-state index contributed by atoms with van der Waals surface area (Å²) in [5.41, 5.74) is 5.92. The Kier molecular flexibility index (Phi) is 3.89. The van der Waals surface area contributed by atoms with Crippen LogP contribution in [-0.2, 0) is 9.47 Å². The number of carbonyl (C=O) groups is 1. The highest BCUT2D eigenvalue weighted by molar-refractivity contribution is 5.94. The minimum atomic E-state index is -0.188. The van der Waals surface area contributed by atoms with E-state index in [1.54, 1.807) is 12.1 Å². The molecule has 1 amide bonds. The van der Waals surface area contributed by atoms with E-state index < -0.39 is 0 Å². The molecule has 1 aliphatic heterocycles. The number of amides is 1. The minimum Gasteiger partial charge on any atom is -0.384 e. The zero-order chi connectivity index (χ0) is 12.1. The Labute approximate surface area is 99.1 Å². The Bertz CT molecular complexity index is 374. The lowest BCUT2D eigenvalue weighted by molar-refractivity contribution is -0.0855. The first-order valence-corrected chi connectivity index (χ1v) is 5.45. The van der Waals surface area contributed by atoms with Crippen LogP contribution in [0.2, 0.25) is 0 Å². The van der Waals surface area contributed by atoms with Gasteiger partial charge in [-0.1, -0.05) is 0 Å². The number of nitrogens with one attached hydrogen (secondary N) is 1. The van der Waals surface area contributed by atoms with E-state index in [1.807, 2.05) is 0 Å². The van der Waals surface area contributed by atoms with Crippen molar-refractivity contribution in [2.75, 3.05) is 32.1 Å². The first-order chi connectivity index (χ1) is 8.25. The zero-order valence-electron chi connectivity index (χ0n) is 9.39. The molecule has 0 radical (unpaired) electrons. The summed E-state index contributed by atoms with van der Waals surface area (Å²) in [6, 6.07) is 3.23. The third-order valence-corrected chi connectivity index (χ3v) is 2.42. The van der Waals surface area contributed by atoms with Gasteiger partial charge in [-0.3, -0.25) is 4.79 Å². The fourth-order valence-corrected chi connectivity index (χ4v) is 1.50. The molecule has 0 aliphatic carbocycles. The molecule has 1 fully saturated rings. The summed E-state index contributed by atoms with van der Waals surface area (Å²) >= 11 is 0. The Hall–Kier alpha value is -1.66. The summed E-state index contributed by atoms with van der Waals surface area (Å²) in [7, 11) is 0. The third-order valence-electron chi connectivity index (χ3n) is 2.42. The lowest BCUT2D eigenvalue weighted by atomic mass is 10.2. The van der Waals surface area contributed by atoms with Gasteiger partial charge in [-0.05, 0) is 12.1 Å². The Balaban J connectivity index is 1.82. The Morgan fingerprint density at radius 3 is 3.06 bits per heavy atom. The molecule has 1 aromatic rings. The Morgan fingerprint density at radius 1 is 1.53 bits per heavy atom. The number of anilines is 1. The van der Waals surface area contributed by atoms with Gasteiger partial charge in [-0.2, -0.15) is 0 Å². The normalized spacial score (nSPS) is 19.9. The lowest BCUT2D eigenvalue weighted by Gasteiger charge is -2.23. The summed E-state index contributed by atoms with van der Waals surface area (Å²) in [6.45, 7) is 2.14. The van der Waals surface area contributed by atoms with Crippen molar-refractivity contribution in [3.63, 3.8) is 0 Å². The number of rotatable bonds is 3. The van der Waals surface area contributed by atoms with Crippen molar-refractivity contribution < 1.29 is 14.3 Å². The van der Waals surface area contributed by atoms with Crippen LogP contribution >= 0.6 is 0 Å². The van der Waals surface area contributed by atoms with E-state index >= 15 is 0 Å². The molecular weight excluding hydrogens is 222 g/mol. The van der Waals surface area contributed by atoms with Crippen LogP contribution in [0.3, 0.4) is 0 Å². The first kappa shape index (κ1) is 11.8. The van der Waals surface area contributed by atoms with Crippen LogP contribution in [0, 0.1) is 0 Å². The zero-order valence-corrected chi connectivity index (χ0v) is 9.39. The van der Waals surface area contributed by atoms with Crippen LogP contribution in [0.25, 0.3) is 0 Å². The van der Waals surface area contributed by atoms with E-state index in [4.69, 9.17) is 15.2 Å². The van der Waals surface area contributed by atoms with Gasteiger partial charge in [0.15, 0.2) is 0 Å². The lowest BCUT2D eigenvalue weighted by Crippen LogP contribution is -2.39. The van der Waals surface area contributed by atoms with Gasteiger partial charge in [-0.25, -0.2) is 4.98 Å². The fourth-order valence-electron chi connectivity index (χ4n) is 1.50. The predicted molar refractivity (Wildman–Crippen MR) is 61.5 cm³/mol. The van der Waals surface area contributed by atoms with Gasteiger partial charge in [-0.15, -0.1) is 0 Å². The summed E-state index contributed by atoms with van der Waals surface area (Å²) in [5.74, 6) is 0.206. The summed E-state index contributed by atoms with van der Waals surface area (Å²) in [5, 5.41) is 2.76. The maximum atomic E-state index is 11.7. The van der Waals surface area contributed by atoms with Crippen molar-refractivity contribution in [1.82, 2.24) is 10.3 Å². The molecule has 1 atom stereocenters. The van der Waals surface area contributed by atoms with Gasteiger partial charge in [0.05, 0.1) is 31.5 Å². The van der Waals surface area contributed by atoms with Gasteiger partial charge in [0.2, 0.25) is 0 Å². The average molecular weight is 237 g/mol. The van der Waals surface area contributed by atoms with Gasteiger partial charge in [0, 0.05) is 12.7 Å². The van der Waals surface area contributed by atoms with E-state index in [0.29, 0.717) is 37.7 Å². The van der Waals surface area contributed by atoms with Crippen LogP contribution < -0.4 is 11.1 Å². The number of nitrogens with zero attached hydrogens (tertiary/aromatic N) is 1. The van der Waals surface area contributed by atoms with Crippen LogP contribution in [0.5, 0.6) is 0 Å². The van der Waals surface area contributed by atoms with E-state index in [9.17, 15) is 4.79 Å². The molecule has 92 valence electrons. The van der Waals surface area contributed by atoms with Crippen molar-refractivity contribution in [2.45, 2.75) is 6.10 Å². The number of nitrogens with two attached hydrogens (primary N) is 1. The molecule has 1 unspecified atom stereocenters.